The van der Waals surface area contributed by atoms with E-state index in [1.807, 2.05) is 24.3 Å². The highest BCUT2D eigenvalue weighted by atomic mass is 16.5. The summed E-state index contributed by atoms with van der Waals surface area (Å²) < 4.78 is 6.12. The number of aromatic nitrogens is 1. The molecule has 1 unspecified atom stereocenters. The van der Waals surface area contributed by atoms with Gasteiger partial charge in [-0.1, -0.05) is 32.0 Å². The van der Waals surface area contributed by atoms with Gasteiger partial charge in [0.1, 0.15) is 5.75 Å². The number of hydrogen-bond acceptors (Lipinski definition) is 2. The van der Waals surface area contributed by atoms with Gasteiger partial charge in [0, 0.05) is 12.6 Å². The number of ketones is 1. The number of Topliss-reactive ketones (excluding diaryl/α,β-unsaturated/α-hetero) is 1. The third kappa shape index (κ3) is 3.08. The number of para-hydroxylation sites is 1. The van der Waals surface area contributed by atoms with Crippen molar-refractivity contribution in [3.8, 4) is 5.75 Å². The molecule has 1 aromatic heterocycles. The molecule has 116 valence electrons. The van der Waals surface area contributed by atoms with Gasteiger partial charge in [0.2, 0.25) is 0 Å². The van der Waals surface area contributed by atoms with Crippen molar-refractivity contribution in [3.63, 3.8) is 0 Å². The predicted molar refractivity (Wildman–Crippen MR) is 87.5 cm³/mol. The predicted octanol–water partition coefficient (Wildman–Crippen LogP) is 4.50. The minimum absolute atomic E-state index is 0.128. The van der Waals surface area contributed by atoms with Crippen LogP contribution in [0.25, 0.3) is 0 Å². The van der Waals surface area contributed by atoms with Crippen molar-refractivity contribution >= 4 is 5.78 Å². The molecule has 0 spiro atoms. The van der Waals surface area contributed by atoms with E-state index in [9.17, 15) is 4.79 Å². The molecule has 1 aliphatic heterocycles. The highest BCUT2D eigenvalue weighted by Gasteiger charge is 2.33. The standard InChI is InChI=1S/C19H23NO2/c1-19(2)13-14(22-18-11-4-3-8-15(18)19)7-5-10-17(21)16-9-6-12-20-16/h3-4,6,8-9,11-12,14,20H,5,7,10,13H2,1-2H3. The highest BCUT2D eigenvalue weighted by Crippen LogP contribution is 2.41. The van der Waals surface area contributed by atoms with Gasteiger partial charge in [0.05, 0.1) is 11.8 Å². The Balaban J connectivity index is 1.57. The zero-order valence-electron chi connectivity index (χ0n) is 13.3. The van der Waals surface area contributed by atoms with E-state index in [0.717, 1.165) is 25.0 Å². The molecular formula is C19H23NO2. The Labute approximate surface area is 131 Å². The lowest BCUT2D eigenvalue weighted by molar-refractivity contribution is 0.0954. The van der Waals surface area contributed by atoms with Crippen LogP contribution < -0.4 is 4.74 Å². The third-order valence-corrected chi connectivity index (χ3v) is 4.48. The molecule has 2 aromatic rings. The number of hydrogen-bond donors (Lipinski definition) is 1. The van der Waals surface area contributed by atoms with Gasteiger partial charge in [-0.05, 0) is 48.4 Å². The van der Waals surface area contributed by atoms with Crippen LogP contribution in [0.1, 0.15) is 55.6 Å². The summed E-state index contributed by atoms with van der Waals surface area (Å²) >= 11 is 0. The molecule has 0 bridgehead atoms. The Morgan fingerprint density at radius 2 is 2.09 bits per heavy atom. The van der Waals surface area contributed by atoms with Crippen molar-refractivity contribution in [1.29, 1.82) is 0 Å². The Morgan fingerprint density at radius 1 is 1.27 bits per heavy atom. The molecule has 0 amide bonds. The van der Waals surface area contributed by atoms with Crippen LogP contribution in [0.5, 0.6) is 5.75 Å². The summed E-state index contributed by atoms with van der Waals surface area (Å²) in [4.78, 5) is 15.0. The van der Waals surface area contributed by atoms with Crippen molar-refractivity contribution in [2.24, 2.45) is 0 Å². The smallest absolute Gasteiger partial charge is 0.178 e. The maximum absolute atomic E-state index is 12.0. The van der Waals surface area contributed by atoms with Gasteiger partial charge in [-0.2, -0.15) is 0 Å². The lowest BCUT2D eigenvalue weighted by Crippen LogP contribution is -2.34. The van der Waals surface area contributed by atoms with E-state index in [-0.39, 0.29) is 17.3 Å². The first-order chi connectivity index (χ1) is 10.6. The first-order valence-corrected chi connectivity index (χ1v) is 7.99. The molecule has 1 atom stereocenters. The van der Waals surface area contributed by atoms with Crippen LogP contribution in [0.15, 0.2) is 42.6 Å². The summed E-state index contributed by atoms with van der Waals surface area (Å²) in [5, 5.41) is 0. The SMILES string of the molecule is CC1(C)CC(CCCC(=O)c2ccc[nH]2)Oc2ccccc21. The fourth-order valence-electron chi connectivity index (χ4n) is 3.32. The van der Waals surface area contributed by atoms with Crippen molar-refractivity contribution in [2.45, 2.75) is 51.0 Å². The minimum Gasteiger partial charge on any atom is -0.490 e. The summed E-state index contributed by atoms with van der Waals surface area (Å²) in [6.45, 7) is 4.54. The monoisotopic (exact) mass is 297 g/mol. The van der Waals surface area contributed by atoms with Crippen LogP contribution in [0.2, 0.25) is 0 Å². The Morgan fingerprint density at radius 3 is 2.86 bits per heavy atom. The van der Waals surface area contributed by atoms with Gasteiger partial charge in [0.25, 0.3) is 0 Å². The van der Waals surface area contributed by atoms with Crippen molar-refractivity contribution < 1.29 is 9.53 Å². The number of ether oxygens (including phenoxy) is 1. The van der Waals surface area contributed by atoms with Crippen LogP contribution in [0, 0.1) is 0 Å². The molecule has 3 heteroatoms. The number of carbonyl (C=O) groups excluding carboxylic acids is 1. The van der Waals surface area contributed by atoms with E-state index in [0.29, 0.717) is 12.1 Å². The number of nitrogens with one attached hydrogen (secondary N) is 1. The fraction of sp³-hybridized carbons (Fsp3) is 0.421. The molecule has 0 fully saturated rings. The van der Waals surface area contributed by atoms with E-state index >= 15 is 0 Å². The number of benzene rings is 1. The molecule has 2 heterocycles. The molecule has 1 aliphatic rings. The number of carbonyl (C=O) groups is 1. The minimum atomic E-state index is 0.128. The van der Waals surface area contributed by atoms with Gasteiger partial charge >= 0.3 is 0 Å². The molecule has 1 N–H and O–H groups in total. The first-order valence-electron chi connectivity index (χ1n) is 7.99. The van der Waals surface area contributed by atoms with Crippen LogP contribution in [-0.2, 0) is 5.41 Å². The molecule has 3 rings (SSSR count). The van der Waals surface area contributed by atoms with Crippen molar-refractivity contribution in [3.05, 3.63) is 53.9 Å². The van der Waals surface area contributed by atoms with E-state index < -0.39 is 0 Å². The summed E-state index contributed by atoms with van der Waals surface area (Å²) in [7, 11) is 0. The molecular weight excluding hydrogens is 274 g/mol. The average Bonchev–Trinajstić information content (AvgIpc) is 3.01. The molecule has 0 saturated carbocycles. The van der Waals surface area contributed by atoms with Crippen LogP contribution >= 0.6 is 0 Å². The zero-order valence-corrected chi connectivity index (χ0v) is 13.3. The van der Waals surface area contributed by atoms with Crippen molar-refractivity contribution in [1.82, 2.24) is 4.98 Å². The molecule has 3 nitrogen and oxygen atoms in total. The lowest BCUT2D eigenvalue weighted by Gasteiger charge is -2.37. The average molecular weight is 297 g/mol. The summed E-state index contributed by atoms with van der Waals surface area (Å²) in [6, 6.07) is 12.0. The molecule has 22 heavy (non-hydrogen) atoms. The fourth-order valence-corrected chi connectivity index (χ4v) is 3.32. The zero-order chi connectivity index (χ0) is 15.6. The number of rotatable bonds is 5. The maximum atomic E-state index is 12.0. The number of fused-ring (bicyclic) bond motifs is 1. The second-order valence-electron chi connectivity index (χ2n) is 6.72. The highest BCUT2D eigenvalue weighted by molar-refractivity contribution is 5.94. The van der Waals surface area contributed by atoms with Gasteiger partial charge in [-0.3, -0.25) is 4.79 Å². The summed E-state index contributed by atoms with van der Waals surface area (Å²) in [5.41, 5.74) is 2.12. The molecule has 0 radical (unpaired) electrons. The van der Waals surface area contributed by atoms with E-state index in [2.05, 4.69) is 31.0 Å². The molecule has 0 saturated heterocycles. The topological polar surface area (TPSA) is 42.1 Å². The van der Waals surface area contributed by atoms with Crippen molar-refractivity contribution in [2.75, 3.05) is 0 Å². The third-order valence-electron chi connectivity index (χ3n) is 4.48. The maximum Gasteiger partial charge on any atom is 0.178 e. The van der Waals surface area contributed by atoms with Gasteiger partial charge in [-0.15, -0.1) is 0 Å². The Bertz CT molecular complexity index is 643. The van der Waals surface area contributed by atoms with E-state index in [4.69, 9.17) is 4.74 Å². The number of aromatic amines is 1. The second-order valence-corrected chi connectivity index (χ2v) is 6.72. The van der Waals surface area contributed by atoms with Crippen LogP contribution in [0.4, 0.5) is 0 Å². The van der Waals surface area contributed by atoms with Gasteiger partial charge in [-0.25, -0.2) is 0 Å². The number of H-pyrrole nitrogens is 1. The molecule has 1 aromatic carbocycles. The summed E-state index contributed by atoms with van der Waals surface area (Å²) in [6.07, 6.45) is 5.34. The molecule has 0 aliphatic carbocycles. The largest absolute Gasteiger partial charge is 0.490 e. The Kier molecular flexibility index (Phi) is 4.06. The lowest BCUT2D eigenvalue weighted by atomic mass is 9.76. The van der Waals surface area contributed by atoms with Gasteiger partial charge < -0.3 is 9.72 Å². The van der Waals surface area contributed by atoms with Crippen LogP contribution in [0.3, 0.4) is 0 Å². The van der Waals surface area contributed by atoms with E-state index in [1.54, 1.807) is 6.20 Å². The normalized spacial score (nSPS) is 19.3. The van der Waals surface area contributed by atoms with Crippen LogP contribution in [-0.4, -0.2) is 16.9 Å². The Hall–Kier alpha value is -2.03. The summed E-state index contributed by atoms with van der Waals surface area (Å²) in [5.74, 6) is 1.18. The van der Waals surface area contributed by atoms with E-state index in [1.165, 1.54) is 5.56 Å². The quantitative estimate of drug-likeness (QED) is 0.826. The first kappa shape index (κ1) is 14.9. The second kappa shape index (κ2) is 5.99. The van der Waals surface area contributed by atoms with Gasteiger partial charge in [0.15, 0.2) is 5.78 Å².